The summed E-state index contributed by atoms with van der Waals surface area (Å²) >= 11 is 0. The molecule has 3 saturated carbocycles. The quantitative estimate of drug-likeness (QED) is 0.671. The van der Waals surface area contributed by atoms with Crippen molar-refractivity contribution in [1.82, 2.24) is 0 Å². The first kappa shape index (κ1) is 15.1. The minimum absolute atomic E-state index is 0.114. The molecule has 3 fully saturated rings. The zero-order valence-electron chi connectivity index (χ0n) is 13.8. The van der Waals surface area contributed by atoms with Crippen LogP contribution in [0.4, 0.5) is 4.39 Å². The summed E-state index contributed by atoms with van der Waals surface area (Å²) in [5.41, 5.74) is 1.13. The van der Waals surface area contributed by atoms with Crippen LogP contribution in [-0.2, 0) is 0 Å². The van der Waals surface area contributed by atoms with E-state index >= 15 is 0 Å². The Morgan fingerprint density at radius 2 is 1.91 bits per heavy atom. The molecule has 0 radical (unpaired) electrons. The summed E-state index contributed by atoms with van der Waals surface area (Å²) in [6.45, 7) is 4.30. The molecule has 22 heavy (non-hydrogen) atoms. The molecular formula is C19H29FO2. The minimum atomic E-state index is -1.17. The van der Waals surface area contributed by atoms with E-state index in [-0.39, 0.29) is 11.3 Å². The average Bonchev–Trinajstić information content (AvgIpc) is 2.73. The molecule has 4 aliphatic carbocycles. The van der Waals surface area contributed by atoms with Crippen LogP contribution in [0.25, 0.3) is 0 Å². The lowest BCUT2D eigenvalue weighted by molar-refractivity contribution is -0.148. The standard InChI is InChI=1S/C19H29FO2/c1-18-8-4-3-5-11(18)6-7-12-13(18)10-16(21)19(2)14(12)9-15(20)17(19)22/h6,12-17,21-22H,3-5,7-10H2,1-2H3/t12-,13+,14+,15-,16?,17+,18+,19-/m1/s1. The van der Waals surface area contributed by atoms with Crippen LogP contribution >= 0.6 is 0 Å². The maximum atomic E-state index is 14.2. The van der Waals surface area contributed by atoms with Crippen LogP contribution < -0.4 is 0 Å². The number of hydrogen-bond donors (Lipinski definition) is 2. The summed E-state index contributed by atoms with van der Waals surface area (Å²) in [6.07, 6.45) is 6.81. The van der Waals surface area contributed by atoms with Crippen molar-refractivity contribution in [2.45, 2.75) is 77.2 Å². The van der Waals surface area contributed by atoms with Crippen LogP contribution in [0.15, 0.2) is 11.6 Å². The van der Waals surface area contributed by atoms with Crippen LogP contribution in [0.2, 0.25) is 0 Å². The third-order valence-electron chi connectivity index (χ3n) is 8.07. The summed E-state index contributed by atoms with van der Waals surface area (Å²) in [5, 5.41) is 21.2. The number of allylic oxidation sites excluding steroid dienone is 2. The molecule has 2 N–H and O–H groups in total. The number of aliphatic hydroxyl groups is 2. The van der Waals surface area contributed by atoms with Crippen molar-refractivity contribution in [3.63, 3.8) is 0 Å². The fourth-order valence-corrected chi connectivity index (χ4v) is 6.62. The maximum absolute atomic E-state index is 14.2. The molecule has 0 bridgehead atoms. The molecule has 4 aliphatic rings. The molecular weight excluding hydrogens is 279 g/mol. The van der Waals surface area contributed by atoms with Crippen LogP contribution in [0.3, 0.4) is 0 Å². The van der Waals surface area contributed by atoms with Crippen molar-refractivity contribution in [3.05, 3.63) is 11.6 Å². The highest BCUT2D eigenvalue weighted by Gasteiger charge is 2.64. The van der Waals surface area contributed by atoms with Gasteiger partial charge in [-0.25, -0.2) is 4.39 Å². The van der Waals surface area contributed by atoms with E-state index in [1.807, 2.05) is 6.92 Å². The van der Waals surface area contributed by atoms with E-state index in [1.54, 1.807) is 5.57 Å². The summed E-state index contributed by atoms with van der Waals surface area (Å²) < 4.78 is 14.2. The third kappa shape index (κ3) is 1.73. The van der Waals surface area contributed by atoms with Gasteiger partial charge in [0.1, 0.15) is 6.17 Å². The van der Waals surface area contributed by atoms with Gasteiger partial charge in [-0.3, -0.25) is 0 Å². The molecule has 0 aromatic carbocycles. The van der Waals surface area contributed by atoms with E-state index in [9.17, 15) is 14.6 Å². The van der Waals surface area contributed by atoms with Crippen molar-refractivity contribution < 1.29 is 14.6 Å². The molecule has 3 heteroatoms. The van der Waals surface area contributed by atoms with Crippen molar-refractivity contribution in [1.29, 1.82) is 0 Å². The molecule has 0 amide bonds. The Balaban J connectivity index is 1.74. The highest BCUT2D eigenvalue weighted by molar-refractivity contribution is 5.25. The molecule has 0 saturated heterocycles. The molecule has 4 rings (SSSR count). The van der Waals surface area contributed by atoms with Gasteiger partial charge in [0.15, 0.2) is 0 Å². The predicted octanol–water partition coefficient (Wildman–Crippen LogP) is 3.62. The molecule has 0 aliphatic heterocycles. The van der Waals surface area contributed by atoms with Gasteiger partial charge in [-0.05, 0) is 61.7 Å². The number of halogens is 1. The van der Waals surface area contributed by atoms with E-state index in [2.05, 4.69) is 13.0 Å². The Bertz CT molecular complexity index is 504. The van der Waals surface area contributed by atoms with Crippen molar-refractivity contribution in [3.8, 4) is 0 Å². The first-order valence-electron chi connectivity index (χ1n) is 9.08. The van der Waals surface area contributed by atoms with Crippen LogP contribution in [0.1, 0.15) is 58.8 Å². The summed E-state index contributed by atoms with van der Waals surface area (Å²) in [5.74, 6) is 0.997. The maximum Gasteiger partial charge on any atom is 0.127 e. The number of hydrogen-bond acceptors (Lipinski definition) is 2. The molecule has 1 unspecified atom stereocenters. The Hall–Kier alpha value is -0.410. The third-order valence-corrected chi connectivity index (χ3v) is 8.07. The van der Waals surface area contributed by atoms with Gasteiger partial charge < -0.3 is 10.2 Å². The summed E-state index contributed by atoms with van der Waals surface area (Å²) in [6, 6.07) is 0. The smallest absolute Gasteiger partial charge is 0.127 e. The number of aliphatic hydroxyl groups excluding tert-OH is 2. The van der Waals surface area contributed by atoms with E-state index in [4.69, 9.17) is 0 Å². The van der Waals surface area contributed by atoms with Gasteiger partial charge >= 0.3 is 0 Å². The fourth-order valence-electron chi connectivity index (χ4n) is 6.62. The zero-order chi connectivity index (χ0) is 15.7. The minimum Gasteiger partial charge on any atom is -0.392 e. The normalized spacial score (nSPS) is 57.6. The first-order chi connectivity index (χ1) is 10.4. The molecule has 0 heterocycles. The lowest BCUT2D eigenvalue weighted by atomic mass is 9.47. The highest BCUT2D eigenvalue weighted by Crippen LogP contribution is 2.65. The monoisotopic (exact) mass is 308 g/mol. The van der Waals surface area contributed by atoms with Gasteiger partial charge in [0.25, 0.3) is 0 Å². The van der Waals surface area contributed by atoms with Gasteiger partial charge in [0.05, 0.1) is 12.2 Å². The molecule has 2 nitrogen and oxygen atoms in total. The van der Waals surface area contributed by atoms with Crippen molar-refractivity contribution >= 4 is 0 Å². The first-order valence-corrected chi connectivity index (χ1v) is 9.08. The lowest BCUT2D eigenvalue weighted by Crippen LogP contribution is -2.57. The van der Waals surface area contributed by atoms with Gasteiger partial charge in [-0.15, -0.1) is 0 Å². The largest absolute Gasteiger partial charge is 0.392 e. The van der Waals surface area contributed by atoms with E-state index < -0.39 is 23.8 Å². The second kappa shape index (κ2) is 4.80. The second-order valence-electron chi connectivity index (χ2n) is 8.78. The average molecular weight is 308 g/mol. The predicted molar refractivity (Wildman–Crippen MR) is 84.0 cm³/mol. The van der Waals surface area contributed by atoms with Crippen LogP contribution in [0, 0.1) is 28.6 Å². The van der Waals surface area contributed by atoms with E-state index in [0.717, 1.165) is 12.8 Å². The lowest BCUT2D eigenvalue weighted by Gasteiger charge is -2.58. The highest BCUT2D eigenvalue weighted by atomic mass is 19.1. The Morgan fingerprint density at radius 3 is 2.68 bits per heavy atom. The van der Waals surface area contributed by atoms with E-state index in [1.165, 1.54) is 25.7 Å². The topological polar surface area (TPSA) is 40.5 Å². The fraction of sp³-hybridized carbons (Fsp3) is 0.895. The second-order valence-corrected chi connectivity index (χ2v) is 8.78. The van der Waals surface area contributed by atoms with Crippen LogP contribution in [0.5, 0.6) is 0 Å². The Morgan fingerprint density at radius 1 is 1.14 bits per heavy atom. The van der Waals surface area contributed by atoms with Crippen molar-refractivity contribution in [2.75, 3.05) is 0 Å². The van der Waals surface area contributed by atoms with Crippen molar-refractivity contribution in [2.24, 2.45) is 28.6 Å². The molecule has 0 aromatic heterocycles. The van der Waals surface area contributed by atoms with Gasteiger partial charge in [0.2, 0.25) is 0 Å². The number of alkyl halides is 1. The SMILES string of the molecule is C[C@]12C(O)C[C@H]3[C@@H](CC=C4CCCC[C@@]43C)[C@@H]1C[C@@H](F)[C@@H]2O. The van der Waals surface area contributed by atoms with Gasteiger partial charge in [0, 0.05) is 5.41 Å². The van der Waals surface area contributed by atoms with E-state index in [0.29, 0.717) is 18.3 Å². The molecule has 8 atom stereocenters. The molecule has 124 valence electrons. The molecule has 0 spiro atoms. The Labute approximate surface area is 132 Å². The molecule has 0 aromatic rings. The summed E-state index contributed by atoms with van der Waals surface area (Å²) in [7, 11) is 0. The zero-order valence-corrected chi connectivity index (χ0v) is 13.8. The summed E-state index contributed by atoms with van der Waals surface area (Å²) in [4.78, 5) is 0. The number of fused-ring (bicyclic) bond motifs is 5. The van der Waals surface area contributed by atoms with Gasteiger partial charge in [-0.2, -0.15) is 0 Å². The van der Waals surface area contributed by atoms with Gasteiger partial charge in [-0.1, -0.05) is 31.9 Å². The van der Waals surface area contributed by atoms with Crippen LogP contribution in [-0.4, -0.2) is 28.6 Å². The number of rotatable bonds is 0. The Kier molecular flexibility index (Phi) is 3.30.